The zero-order valence-electron chi connectivity index (χ0n) is 14.1. The van der Waals surface area contributed by atoms with E-state index in [1.807, 2.05) is 0 Å². The third kappa shape index (κ3) is 4.82. The number of rotatable bonds is 8. The number of nitrogens with one attached hydrogen (secondary N) is 1. The first kappa shape index (κ1) is 16.5. The second-order valence-electron chi connectivity index (χ2n) is 6.24. The third-order valence-corrected chi connectivity index (χ3v) is 4.42. The smallest absolute Gasteiger partial charge is 0.0625 e. The average molecular weight is 292 g/mol. The van der Waals surface area contributed by atoms with Crippen LogP contribution in [0.3, 0.4) is 0 Å². The molecule has 1 N–H and O–H groups in total. The highest BCUT2D eigenvalue weighted by Gasteiger charge is 2.20. The highest BCUT2D eigenvalue weighted by Crippen LogP contribution is 2.18. The van der Waals surface area contributed by atoms with Gasteiger partial charge in [0.05, 0.1) is 11.4 Å². The SMILES string of the molecule is CCCNCC1CCCN(Cc2cc(CC)nn2CC)C1. The van der Waals surface area contributed by atoms with E-state index < -0.39 is 0 Å². The molecule has 2 heterocycles. The summed E-state index contributed by atoms with van der Waals surface area (Å²) >= 11 is 0. The molecule has 4 nitrogen and oxygen atoms in total. The number of hydrogen-bond acceptors (Lipinski definition) is 3. The summed E-state index contributed by atoms with van der Waals surface area (Å²) in [4.78, 5) is 2.62. The van der Waals surface area contributed by atoms with Crippen LogP contribution >= 0.6 is 0 Å². The van der Waals surface area contributed by atoms with Crippen LogP contribution in [0, 0.1) is 5.92 Å². The molecule has 1 aliphatic heterocycles. The van der Waals surface area contributed by atoms with Gasteiger partial charge in [-0.2, -0.15) is 5.10 Å². The summed E-state index contributed by atoms with van der Waals surface area (Å²) in [7, 11) is 0. The lowest BCUT2D eigenvalue weighted by Gasteiger charge is -2.32. The van der Waals surface area contributed by atoms with Crippen LogP contribution in [0.25, 0.3) is 0 Å². The second-order valence-corrected chi connectivity index (χ2v) is 6.24. The summed E-state index contributed by atoms with van der Waals surface area (Å²) in [5.41, 5.74) is 2.61. The first-order valence-electron chi connectivity index (χ1n) is 8.75. The van der Waals surface area contributed by atoms with Crippen LogP contribution in [-0.4, -0.2) is 40.9 Å². The van der Waals surface area contributed by atoms with E-state index in [2.05, 4.69) is 46.8 Å². The number of piperidine rings is 1. The average Bonchev–Trinajstić information content (AvgIpc) is 2.90. The Bertz CT molecular complexity index is 413. The molecule has 1 aromatic rings. The van der Waals surface area contributed by atoms with Crippen molar-refractivity contribution in [3.63, 3.8) is 0 Å². The monoisotopic (exact) mass is 292 g/mol. The van der Waals surface area contributed by atoms with Crippen molar-refractivity contribution in [2.75, 3.05) is 26.2 Å². The van der Waals surface area contributed by atoms with Gasteiger partial charge in [-0.15, -0.1) is 0 Å². The van der Waals surface area contributed by atoms with E-state index >= 15 is 0 Å². The van der Waals surface area contributed by atoms with Gasteiger partial charge < -0.3 is 5.32 Å². The van der Waals surface area contributed by atoms with Crippen LogP contribution in [0.15, 0.2) is 6.07 Å². The van der Waals surface area contributed by atoms with Gasteiger partial charge in [0.15, 0.2) is 0 Å². The first-order valence-corrected chi connectivity index (χ1v) is 8.75. The Balaban J connectivity index is 1.88. The first-order chi connectivity index (χ1) is 10.3. The molecular weight excluding hydrogens is 260 g/mol. The zero-order chi connectivity index (χ0) is 15.1. The van der Waals surface area contributed by atoms with Crippen molar-refractivity contribution in [1.29, 1.82) is 0 Å². The molecule has 4 heteroatoms. The van der Waals surface area contributed by atoms with Gasteiger partial charge in [-0.25, -0.2) is 0 Å². The molecule has 2 rings (SSSR count). The molecule has 1 fully saturated rings. The van der Waals surface area contributed by atoms with E-state index in [0.717, 1.165) is 32.0 Å². The van der Waals surface area contributed by atoms with Gasteiger partial charge >= 0.3 is 0 Å². The van der Waals surface area contributed by atoms with Crippen LogP contribution in [0.1, 0.15) is 51.4 Å². The topological polar surface area (TPSA) is 33.1 Å². The molecule has 1 atom stereocenters. The molecule has 1 aromatic heterocycles. The molecule has 0 aliphatic carbocycles. The summed E-state index contributed by atoms with van der Waals surface area (Å²) < 4.78 is 2.18. The Morgan fingerprint density at radius 2 is 2.19 bits per heavy atom. The Hall–Kier alpha value is -0.870. The Labute approximate surface area is 129 Å². The molecular formula is C17H32N4. The van der Waals surface area contributed by atoms with E-state index in [0.29, 0.717) is 0 Å². The number of likely N-dealkylation sites (tertiary alicyclic amines) is 1. The molecule has 1 unspecified atom stereocenters. The molecule has 0 aromatic carbocycles. The Morgan fingerprint density at radius 1 is 1.33 bits per heavy atom. The molecule has 120 valence electrons. The van der Waals surface area contributed by atoms with Crippen LogP contribution in [0.5, 0.6) is 0 Å². The largest absolute Gasteiger partial charge is 0.316 e. The van der Waals surface area contributed by atoms with Crippen molar-refractivity contribution >= 4 is 0 Å². The predicted octanol–water partition coefficient (Wildman–Crippen LogP) is 2.68. The standard InChI is InChI=1S/C17H32N4/c1-4-9-18-12-15-8-7-10-20(13-15)14-17-11-16(5-2)19-21(17)6-3/h11,15,18H,4-10,12-14H2,1-3H3. The third-order valence-electron chi connectivity index (χ3n) is 4.42. The summed E-state index contributed by atoms with van der Waals surface area (Å²) in [6, 6.07) is 2.29. The van der Waals surface area contributed by atoms with E-state index in [-0.39, 0.29) is 0 Å². The van der Waals surface area contributed by atoms with Crippen LogP contribution < -0.4 is 5.32 Å². The molecule has 0 amide bonds. The van der Waals surface area contributed by atoms with Gasteiger partial charge in [-0.3, -0.25) is 9.58 Å². The number of aryl methyl sites for hydroxylation is 2. The highest BCUT2D eigenvalue weighted by atomic mass is 15.3. The maximum atomic E-state index is 4.67. The van der Waals surface area contributed by atoms with E-state index in [1.54, 1.807) is 0 Å². The lowest BCUT2D eigenvalue weighted by molar-refractivity contribution is 0.161. The van der Waals surface area contributed by atoms with Gasteiger partial charge in [0.1, 0.15) is 0 Å². The molecule has 1 saturated heterocycles. The molecule has 1 aliphatic rings. The molecule has 0 spiro atoms. The zero-order valence-corrected chi connectivity index (χ0v) is 14.1. The number of nitrogens with zero attached hydrogens (tertiary/aromatic N) is 3. The molecule has 21 heavy (non-hydrogen) atoms. The van der Waals surface area contributed by atoms with Gasteiger partial charge in [0.25, 0.3) is 0 Å². The van der Waals surface area contributed by atoms with Gasteiger partial charge in [-0.1, -0.05) is 13.8 Å². The molecule has 0 saturated carbocycles. The van der Waals surface area contributed by atoms with E-state index in [1.165, 1.54) is 50.3 Å². The minimum Gasteiger partial charge on any atom is -0.316 e. The summed E-state index contributed by atoms with van der Waals surface area (Å²) in [6.45, 7) is 13.4. The number of hydrogen-bond donors (Lipinski definition) is 1. The Kier molecular flexibility index (Phi) is 6.71. The molecule has 0 radical (unpaired) electrons. The minimum atomic E-state index is 0.814. The van der Waals surface area contributed by atoms with E-state index in [4.69, 9.17) is 0 Å². The van der Waals surface area contributed by atoms with Crippen LogP contribution in [0.4, 0.5) is 0 Å². The van der Waals surface area contributed by atoms with Crippen molar-refractivity contribution in [2.45, 2.75) is 59.5 Å². The lowest BCUT2D eigenvalue weighted by Crippen LogP contribution is -2.39. The predicted molar refractivity (Wildman–Crippen MR) is 88.4 cm³/mol. The van der Waals surface area contributed by atoms with Crippen molar-refractivity contribution in [1.82, 2.24) is 20.0 Å². The van der Waals surface area contributed by atoms with Gasteiger partial charge in [0.2, 0.25) is 0 Å². The second kappa shape index (κ2) is 8.54. The number of aromatic nitrogens is 2. The fraction of sp³-hybridized carbons (Fsp3) is 0.824. The van der Waals surface area contributed by atoms with Gasteiger partial charge in [-0.05, 0) is 64.2 Å². The fourth-order valence-electron chi connectivity index (χ4n) is 3.26. The fourth-order valence-corrected chi connectivity index (χ4v) is 3.26. The lowest BCUT2D eigenvalue weighted by atomic mass is 9.98. The maximum Gasteiger partial charge on any atom is 0.0625 e. The van der Waals surface area contributed by atoms with Gasteiger partial charge in [0, 0.05) is 19.6 Å². The maximum absolute atomic E-state index is 4.67. The normalized spacial score (nSPS) is 20.0. The highest BCUT2D eigenvalue weighted by molar-refractivity contribution is 5.10. The summed E-state index contributed by atoms with van der Waals surface area (Å²) in [5, 5.41) is 8.25. The molecule has 0 bridgehead atoms. The van der Waals surface area contributed by atoms with Crippen LogP contribution in [-0.2, 0) is 19.5 Å². The van der Waals surface area contributed by atoms with Crippen molar-refractivity contribution in [2.24, 2.45) is 5.92 Å². The minimum absolute atomic E-state index is 0.814. The summed E-state index contributed by atoms with van der Waals surface area (Å²) in [6.07, 6.45) is 4.97. The van der Waals surface area contributed by atoms with Crippen molar-refractivity contribution in [3.8, 4) is 0 Å². The van der Waals surface area contributed by atoms with Crippen LogP contribution in [0.2, 0.25) is 0 Å². The summed E-state index contributed by atoms with van der Waals surface area (Å²) in [5.74, 6) is 0.814. The Morgan fingerprint density at radius 3 is 2.90 bits per heavy atom. The van der Waals surface area contributed by atoms with Crippen molar-refractivity contribution < 1.29 is 0 Å². The quantitative estimate of drug-likeness (QED) is 0.748. The van der Waals surface area contributed by atoms with Crippen molar-refractivity contribution in [3.05, 3.63) is 17.5 Å². The van der Waals surface area contributed by atoms with E-state index in [9.17, 15) is 0 Å².